The molecule has 0 saturated heterocycles. The van der Waals surface area contributed by atoms with Crippen molar-refractivity contribution in [3.05, 3.63) is 57.6 Å². The Balaban J connectivity index is 1.98. The van der Waals surface area contributed by atoms with E-state index in [1.807, 2.05) is 32.0 Å². The van der Waals surface area contributed by atoms with E-state index in [1.165, 1.54) is 0 Å². The standard InChI is InChI=1S/C17H16Cl2N2O2/c1-10-6-7-11(2)14(8-10)21-16(23)9-15(22)20-13-5-3-4-12(18)17(13)19/h3-8H,9H2,1-2H3,(H,20,22)(H,21,23). The number of anilines is 2. The molecule has 0 spiro atoms. The van der Waals surface area contributed by atoms with Crippen LogP contribution in [0.3, 0.4) is 0 Å². The van der Waals surface area contributed by atoms with E-state index < -0.39 is 11.8 Å². The van der Waals surface area contributed by atoms with Crippen LogP contribution in [0.4, 0.5) is 11.4 Å². The molecule has 6 heteroatoms. The van der Waals surface area contributed by atoms with Gasteiger partial charge in [-0.15, -0.1) is 0 Å². The van der Waals surface area contributed by atoms with E-state index in [1.54, 1.807) is 18.2 Å². The Hall–Kier alpha value is -2.04. The second-order valence-corrected chi connectivity index (χ2v) is 5.98. The highest BCUT2D eigenvalue weighted by Gasteiger charge is 2.13. The molecule has 0 bridgehead atoms. The van der Waals surface area contributed by atoms with Gasteiger partial charge in [0.1, 0.15) is 6.42 Å². The van der Waals surface area contributed by atoms with Crippen molar-refractivity contribution in [1.82, 2.24) is 0 Å². The predicted molar refractivity (Wildman–Crippen MR) is 94.3 cm³/mol. The third-order valence-electron chi connectivity index (χ3n) is 3.21. The van der Waals surface area contributed by atoms with E-state index in [9.17, 15) is 9.59 Å². The number of carbonyl (C=O) groups is 2. The molecule has 0 heterocycles. The van der Waals surface area contributed by atoms with Gasteiger partial charge in [-0.1, -0.05) is 41.4 Å². The number of benzene rings is 2. The first-order chi connectivity index (χ1) is 10.9. The molecule has 120 valence electrons. The van der Waals surface area contributed by atoms with Gasteiger partial charge in [0.05, 0.1) is 15.7 Å². The van der Waals surface area contributed by atoms with Gasteiger partial charge in [-0.05, 0) is 43.2 Å². The topological polar surface area (TPSA) is 58.2 Å². The van der Waals surface area contributed by atoms with Crippen molar-refractivity contribution in [1.29, 1.82) is 0 Å². The summed E-state index contributed by atoms with van der Waals surface area (Å²) in [5, 5.41) is 5.90. The molecular weight excluding hydrogens is 335 g/mol. The summed E-state index contributed by atoms with van der Waals surface area (Å²) < 4.78 is 0. The van der Waals surface area contributed by atoms with Gasteiger partial charge in [-0.2, -0.15) is 0 Å². The Labute approximate surface area is 144 Å². The molecule has 0 aliphatic heterocycles. The van der Waals surface area contributed by atoms with Crippen LogP contribution in [0.1, 0.15) is 17.5 Å². The molecule has 23 heavy (non-hydrogen) atoms. The number of aryl methyl sites for hydroxylation is 2. The van der Waals surface area contributed by atoms with Gasteiger partial charge >= 0.3 is 0 Å². The summed E-state index contributed by atoms with van der Waals surface area (Å²) in [5.41, 5.74) is 3.04. The maximum atomic E-state index is 12.0. The summed E-state index contributed by atoms with van der Waals surface area (Å²) in [5.74, 6) is -0.855. The highest BCUT2D eigenvalue weighted by molar-refractivity contribution is 6.44. The van der Waals surface area contributed by atoms with Crippen molar-refractivity contribution in [2.45, 2.75) is 20.3 Å². The molecule has 2 amide bonds. The van der Waals surface area contributed by atoms with Gasteiger partial charge in [-0.3, -0.25) is 9.59 Å². The quantitative estimate of drug-likeness (QED) is 0.793. The third kappa shape index (κ3) is 4.71. The molecule has 0 aliphatic rings. The van der Waals surface area contributed by atoms with Gasteiger partial charge in [-0.25, -0.2) is 0 Å². The van der Waals surface area contributed by atoms with Crippen LogP contribution in [-0.2, 0) is 9.59 Å². The first-order valence-corrected chi connectivity index (χ1v) is 7.73. The van der Waals surface area contributed by atoms with Crippen LogP contribution >= 0.6 is 23.2 Å². The summed E-state index contributed by atoms with van der Waals surface area (Å²) in [6, 6.07) is 10.6. The summed E-state index contributed by atoms with van der Waals surface area (Å²) in [4.78, 5) is 24.0. The molecule has 0 aliphatic carbocycles. The molecule has 2 aromatic rings. The van der Waals surface area contributed by atoms with Crippen molar-refractivity contribution in [2.24, 2.45) is 0 Å². The summed E-state index contributed by atoms with van der Waals surface area (Å²) in [6.45, 7) is 3.82. The van der Waals surface area contributed by atoms with E-state index in [2.05, 4.69) is 10.6 Å². The summed E-state index contributed by atoms with van der Waals surface area (Å²) >= 11 is 11.9. The monoisotopic (exact) mass is 350 g/mol. The molecule has 0 fully saturated rings. The molecule has 2 rings (SSSR count). The van der Waals surface area contributed by atoms with Crippen LogP contribution in [0.5, 0.6) is 0 Å². The lowest BCUT2D eigenvalue weighted by molar-refractivity contribution is -0.123. The summed E-state index contributed by atoms with van der Waals surface area (Å²) in [6.07, 6.45) is -0.309. The SMILES string of the molecule is Cc1ccc(C)c(NC(=O)CC(=O)Nc2cccc(Cl)c2Cl)c1. The smallest absolute Gasteiger partial charge is 0.233 e. The lowest BCUT2D eigenvalue weighted by atomic mass is 10.1. The fraction of sp³-hybridized carbons (Fsp3) is 0.176. The maximum Gasteiger partial charge on any atom is 0.233 e. The molecular formula is C17H16Cl2N2O2. The minimum absolute atomic E-state index is 0.248. The van der Waals surface area contributed by atoms with E-state index in [4.69, 9.17) is 23.2 Å². The number of halogens is 2. The van der Waals surface area contributed by atoms with Crippen LogP contribution < -0.4 is 10.6 Å². The molecule has 0 aromatic heterocycles. The fourth-order valence-electron chi connectivity index (χ4n) is 2.01. The van der Waals surface area contributed by atoms with E-state index in [0.717, 1.165) is 11.1 Å². The van der Waals surface area contributed by atoms with E-state index >= 15 is 0 Å². The first-order valence-electron chi connectivity index (χ1n) is 6.98. The second kappa shape index (κ2) is 7.49. The van der Waals surface area contributed by atoms with Crippen molar-refractivity contribution < 1.29 is 9.59 Å². The van der Waals surface area contributed by atoms with Crippen molar-refractivity contribution in [2.75, 3.05) is 10.6 Å². The lowest BCUT2D eigenvalue weighted by Crippen LogP contribution is -2.22. The number of amides is 2. The van der Waals surface area contributed by atoms with E-state index in [0.29, 0.717) is 16.4 Å². The zero-order valence-electron chi connectivity index (χ0n) is 12.7. The van der Waals surface area contributed by atoms with Crippen molar-refractivity contribution in [3.8, 4) is 0 Å². The van der Waals surface area contributed by atoms with Crippen LogP contribution in [0.15, 0.2) is 36.4 Å². The number of hydrogen-bond acceptors (Lipinski definition) is 2. The zero-order chi connectivity index (χ0) is 17.0. The highest BCUT2D eigenvalue weighted by Crippen LogP contribution is 2.29. The number of hydrogen-bond donors (Lipinski definition) is 2. The van der Waals surface area contributed by atoms with Crippen molar-refractivity contribution in [3.63, 3.8) is 0 Å². The predicted octanol–water partition coefficient (Wildman–Crippen LogP) is 4.58. The minimum atomic E-state index is -0.461. The molecule has 2 aromatic carbocycles. The average Bonchev–Trinajstić information content (AvgIpc) is 2.47. The Morgan fingerprint density at radius 2 is 1.61 bits per heavy atom. The normalized spacial score (nSPS) is 10.3. The number of carbonyl (C=O) groups excluding carboxylic acids is 2. The van der Waals surface area contributed by atoms with Crippen LogP contribution in [-0.4, -0.2) is 11.8 Å². The minimum Gasteiger partial charge on any atom is -0.325 e. The Bertz CT molecular complexity index is 746. The van der Waals surface area contributed by atoms with Crippen molar-refractivity contribution >= 4 is 46.4 Å². The van der Waals surface area contributed by atoms with Crippen LogP contribution in [0, 0.1) is 13.8 Å². The maximum absolute atomic E-state index is 12.0. The Morgan fingerprint density at radius 1 is 0.957 bits per heavy atom. The second-order valence-electron chi connectivity index (χ2n) is 5.19. The van der Waals surface area contributed by atoms with Gasteiger partial charge in [0.15, 0.2) is 0 Å². The van der Waals surface area contributed by atoms with Gasteiger partial charge in [0, 0.05) is 5.69 Å². The molecule has 0 radical (unpaired) electrons. The van der Waals surface area contributed by atoms with Gasteiger partial charge in [0.2, 0.25) is 11.8 Å². The van der Waals surface area contributed by atoms with Gasteiger partial charge in [0.25, 0.3) is 0 Å². The summed E-state index contributed by atoms with van der Waals surface area (Å²) in [7, 11) is 0. The fourth-order valence-corrected chi connectivity index (χ4v) is 2.35. The molecule has 0 saturated carbocycles. The van der Waals surface area contributed by atoms with Crippen LogP contribution in [0.25, 0.3) is 0 Å². The first kappa shape index (κ1) is 17.3. The Kier molecular flexibility index (Phi) is 5.64. The average molecular weight is 351 g/mol. The van der Waals surface area contributed by atoms with Gasteiger partial charge < -0.3 is 10.6 Å². The third-order valence-corrected chi connectivity index (χ3v) is 4.03. The van der Waals surface area contributed by atoms with Crippen LogP contribution in [0.2, 0.25) is 10.0 Å². The number of rotatable bonds is 4. The molecule has 2 N–H and O–H groups in total. The Morgan fingerprint density at radius 3 is 2.30 bits per heavy atom. The largest absolute Gasteiger partial charge is 0.325 e. The molecule has 0 unspecified atom stereocenters. The number of nitrogens with one attached hydrogen (secondary N) is 2. The zero-order valence-corrected chi connectivity index (χ0v) is 14.3. The molecule has 0 atom stereocenters. The lowest BCUT2D eigenvalue weighted by Gasteiger charge is -2.10. The molecule has 4 nitrogen and oxygen atoms in total. The van der Waals surface area contributed by atoms with E-state index in [-0.39, 0.29) is 11.4 Å². The highest BCUT2D eigenvalue weighted by atomic mass is 35.5.